The zero-order valence-corrected chi connectivity index (χ0v) is 24.2. The number of fused-ring (bicyclic) bond motifs is 1. The van der Waals surface area contributed by atoms with Gasteiger partial charge in [0.25, 0.3) is 0 Å². The Morgan fingerprint density at radius 2 is 1.98 bits per heavy atom. The first-order chi connectivity index (χ1) is 20.0. The van der Waals surface area contributed by atoms with Crippen LogP contribution >= 0.6 is 0 Å². The highest BCUT2D eigenvalue weighted by Gasteiger charge is 2.60. The number of aromatic nitrogens is 2. The highest BCUT2D eigenvalue weighted by molar-refractivity contribution is 5.99. The van der Waals surface area contributed by atoms with Crippen LogP contribution in [-0.2, 0) is 0 Å². The molecule has 4 N–H and O–H groups in total. The lowest BCUT2D eigenvalue weighted by Gasteiger charge is -2.27. The molecular formula is C32H34F2N8. The molecule has 2 saturated carbocycles. The fraction of sp³-hybridized carbons (Fsp3) is 0.406. The number of aryl methyl sites for hydroxylation is 1. The number of halogens is 2. The SMILES string of the molecule is C#Cc1cnc2c(C#N)cc(N[C@H](C3=C(F)N(C4(C5CC5)CC4)NN3)c3ccc(F)nc3C)cc2c1NCC(C)(C)C. The molecular weight excluding hydrogens is 534 g/mol. The Bertz CT molecular complexity index is 1690. The van der Waals surface area contributed by atoms with Crippen LogP contribution in [0.15, 0.2) is 42.1 Å². The average Bonchev–Trinajstić information content (AvgIpc) is 3.87. The molecule has 1 aliphatic heterocycles. The summed E-state index contributed by atoms with van der Waals surface area (Å²) in [6, 6.07) is 7.89. The summed E-state index contributed by atoms with van der Waals surface area (Å²) < 4.78 is 30.3. The minimum absolute atomic E-state index is 0.0377. The van der Waals surface area contributed by atoms with E-state index in [4.69, 9.17) is 6.42 Å². The first-order valence-electron chi connectivity index (χ1n) is 14.2. The zero-order valence-electron chi connectivity index (χ0n) is 24.2. The van der Waals surface area contributed by atoms with Crippen LogP contribution in [0.25, 0.3) is 10.9 Å². The van der Waals surface area contributed by atoms with Crippen molar-refractivity contribution in [2.75, 3.05) is 17.2 Å². The monoisotopic (exact) mass is 568 g/mol. The van der Waals surface area contributed by atoms with Gasteiger partial charge in [0, 0.05) is 35.1 Å². The summed E-state index contributed by atoms with van der Waals surface area (Å²) in [6.45, 7) is 8.66. The molecule has 1 aromatic carbocycles. The van der Waals surface area contributed by atoms with E-state index in [1.54, 1.807) is 30.3 Å². The van der Waals surface area contributed by atoms with Gasteiger partial charge in [0.1, 0.15) is 11.8 Å². The van der Waals surface area contributed by atoms with Gasteiger partial charge in [0.05, 0.1) is 33.9 Å². The van der Waals surface area contributed by atoms with Crippen molar-refractivity contribution < 1.29 is 8.78 Å². The molecule has 3 heterocycles. The third kappa shape index (κ3) is 4.97. The topological polar surface area (TPSA) is 101 Å². The van der Waals surface area contributed by atoms with Crippen LogP contribution in [0.2, 0.25) is 0 Å². The number of rotatable bonds is 8. The molecule has 42 heavy (non-hydrogen) atoms. The third-order valence-electron chi connectivity index (χ3n) is 8.31. The average molecular weight is 569 g/mol. The molecule has 0 amide bonds. The van der Waals surface area contributed by atoms with Crippen LogP contribution in [0.3, 0.4) is 0 Å². The zero-order chi connectivity index (χ0) is 29.8. The molecule has 0 bridgehead atoms. The second-order valence-corrected chi connectivity index (χ2v) is 12.7. The number of nitrogens with one attached hydrogen (secondary N) is 4. The number of benzene rings is 1. The maximum absolute atomic E-state index is 16.3. The van der Waals surface area contributed by atoms with Gasteiger partial charge < -0.3 is 16.1 Å². The van der Waals surface area contributed by atoms with Gasteiger partial charge in [0.15, 0.2) is 0 Å². The minimum Gasteiger partial charge on any atom is -0.383 e. The van der Waals surface area contributed by atoms with Crippen LogP contribution in [0.5, 0.6) is 0 Å². The number of nitrogens with zero attached hydrogens (tertiary/aromatic N) is 4. The predicted molar refractivity (Wildman–Crippen MR) is 159 cm³/mol. The molecule has 10 heteroatoms. The van der Waals surface area contributed by atoms with Crippen molar-refractivity contribution in [1.82, 2.24) is 25.9 Å². The van der Waals surface area contributed by atoms with Crippen LogP contribution < -0.4 is 21.6 Å². The summed E-state index contributed by atoms with van der Waals surface area (Å²) in [4.78, 5) is 8.51. The van der Waals surface area contributed by atoms with E-state index in [2.05, 4.69) is 64.3 Å². The molecule has 0 radical (unpaired) electrons. The maximum Gasteiger partial charge on any atom is 0.228 e. The van der Waals surface area contributed by atoms with Gasteiger partial charge in [-0.05, 0) is 62.1 Å². The van der Waals surface area contributed by atoms with Crippen LogP contribution in [0.4, 0.5) is 20.2 Å². The highest BCUT2D eigenvalue weighted by Crippen LogP contribution is 2.58. The Balaban J connectivity index is 1.46. The molecule has 2 aliphatic carbocycles. The minimum atomic E-state index is -0.774. The smallest absolute Gasteiger partial charge is 0.228 e. The van der Waals surface area contributed by atoms with Gasteiger partial charge in [-0.2, -0.15) is 14.0 Å². The molecule has 2 fully saturated rings. The predicted octanol–water partition coefficient (Wildman–Crippen LogP) is 5.95. The summed E-state index contributed by atoms with van der Waals surface area (Å²) in [6.07, 6.45) is 11.5. The Morgan fingerprint density at radius 1 is 1.21 bits per heavy atom. The molecule has 3 aliphatic rings. The van der Waals surface area contributed by atoms with Crippen LogP contribution in [0.1, 0.15) is 74.9 Å². The van der Waals surface area contributed by atoms with E-state index in [-0.39, 0.29) is 16.7 Å². The number of hydrogen-bond acceptors (Lipinski definition) is 8. The van der Waals surface area contributed by atoms with Crippen LogP contribution in [-0.4, -0.2) is 27.1 Å². The third-order valence-corrected chi connectivity index (χ3v) is 8.31. The van der Waals surface area contributed by atoms with E-state index in [0.29, 0.717) is 57.1 Å². The van der Waals surface area contributed by atoms with E-state index >= 15 is 4.39 Å². The van der Waals surface area contributed by atoms with E-state index in [1.165, 1.54) is 6.07 Å². The number of hydrogen-bond donors (Lipinski definition) is 4. The van der Waals surface area contributed by atoms with Crippen molar-refractivity contribution in [1.29, 1.82) is 5.26 Å². The lowest BCUT2D eigenvalue weighted by atomic mass is 9.96. The van der Waals surface area contributed by atoms with Gasteiger partial charge in [0.2, 0.25) is 11.9 Å². The van der Waals surface area contributed by atoms with E-state index < -0.39 is 17.9 Å². The molecule has 2 aromatic heterocycles. The van der Waals surface area contributed by atoms with Gasteiger partial charge in [-0.1, -0.05) is 32.8 Å². The summed E-state index contributed by atoms with van der Waals surface area (Å²) in [5.74, 6) is 2.13. The Morgan fingerprint density at radius 3 is 2.60 bits per heavy atom. The molecule has 216 valence electrons. The van der Waals surface area contributed by atoms with E-state index in [1.807, 2.05) is 6.07 Å². The first-order valence-corrected chi connectivity index (χ1v) is 14.2. The highest BCUT2D eigenvalue weighted by atomic mass is 19.1. The molecule has 6 rings (SSSR count). The quantitative estimate of drug-likeness (QED) is 0.150. The van der Waals surface area contributed by atoms with Crippen molar-refractivity contribution in [3.63, 3.8) is 0 Å². The Kier molecular flexibility index (Phi) is 6.70. The number of nitriles is 1. The molecule has 1 atom stereocenters. The Labute approximate surface area is 244 Å². The molecule has 3 aromatic rings. The van der Waals surface area contributed by atoms with Crippen molar-refractivity contribution in [3.8, 4) is 18.4 Å². The second-order valence-electron chi connectivity index (χ2n) is 12.7. The van der Waals surface area contributed by atoms with E-state index in [9.17, 15) is 9.65 Å². The second kappa shape index (κ2) is 10.1. The van der Waals surface area contributed by atoms with Gasteiger partial charge in [-0.3, -0.25) is 9.99 Å². The normalized spacial score (nSPS) is 18.3. The molecule has 0 saturated heterocycles. The standard InChI is InChI=1S/C32H34F2N8/c1-6-19-16-36-27-20(15-35)13-22(14-24(27)26(19)37-17-31(3,4)5)39-28(23-9-10-25(33)38-18(23)2)29-30(34)42(41-40-29)32(11-12-32)21-7-8-21/h1,9-10,13-14,16,21,28,39-41H,7-8,11-12,17H2,2-5H3,(H,36,37)/t28-/m0/s1. The fourth-order valence-corrected chi connectivity index (χ4v) is 5.84. The molecule has 0 spiro atoms. The van der Waals surface area contributed by atoms with Crippen molar-refractivity contribution in [3.05, 3.63) is 70.4 Å². The summed E-state index contributed by atoms with van der Waals surface area (Å²) in [5.41, 5.74) is 9.80. The van der Waals surface area contributed by atoms with Gasteiger partial charge >= 0.3 is 0 Å². The first kappa shape index (κ1) is 27.7. The number of hydrazine groups is 2. The number of terminal acetylenes is 1. The van der Waals surface area contributed by atoms with Gasteiger partial charge in [-0.25, -0.2) is 4.98 Å². The van der Waals surface area contributed by atoms with Crippen molar-refractivity contribution in [2.45, 2.75) is 65.0 Å². The largest absolute Gasteiger partial charge is 0.383 e. The van der Waals surface area contributed by atoms with Crippen molar-refractivity contribution >= 4 is 22.3 Å². The van der Waals surface area contributed by atoms with Crippen molar-refractivity contribution in [2.24, 2.45) is 11.3 Å². The lowest BCUT2D eigenvalue weighted by molar-refractivity contribution is 0.108. The summed E-state index contributed by atoms with van der Waals surface area (Å²) in [7, 11) is 0. The molecule has 0 unspecified atom stereocenters. The van der Waals surface area contributed by atoms with Gasteiger partial charge in [-0.15, -0.1) is 12.0 Å². The lowest BCUT2D eigenvalue weighted by Crippen LogP contribution is -2.47. The number of anilines is 2. The van der Waals surface area contributed by atoms with E-state index in [0.717, 1.165) is 25.7 Å². The Hall–Kier alpha value is -4.41. The summed E-state index contributed by atoms with van der Waals surface area (Å²) >= 11 is 0. The fourth-order valence-electron chi connectivity index (χ4n) is 5.84. The maximum atomic E-state index is 16.3. The number of pyridine rings is 2. The molecule has 8 nitrogen and oxygen atoms in total. The summed E-state index contributed by atoms with van der Waals surface area (Å²) in [5, 5.41) is 19.3. The van der Waals surface area contributed by atoms with Crippen LogP contribution in [0, 0.1) is 47.9 Å².